The van der Waals surface area contributed by atoms with Crippen LogP contribution in [0.25, 0.3) is 0 Å². The molecule has 0 aromatic carbocycles. The predicted molar refractivity (Wildman–Crippen MR) is 78.5 cm³/mol. The fourth-order valence-electron chi connectivity index (χ4n) is 2.18. The predicted octanol–water partition coefficient (Wildman–Crippen LogP) is 1.90. The van der Waals surface area contributed by atoms with Gasteiger partial charge in [0, 0.05) is 13.7 Å². The van der Waals surface area contributed by atoms with Crippen molar-refractivity contribution in [2.75, 3.05) is 13.7 Å². The highest BCUT2D eigenvalue weighted by molar-refractivity contribution is 9.10. The maximum atomic E-state index is 10.7. The minimum atomic E-state index is -0.773. The number of rotatable bonds is 6. The Morgan fingerprint density at radius 3 is 2.85 bits per heavy atom. The quantitative estimate of drug-likeness (QED) is 0.870. The minimum absolute atomic E-state index is 0.542. The van der Waals surface area contributed by atoms with Gasteiger partial charge >= 0.3 is 0 Å². The monoisotopic (exact) mass is 342 g/mol. The number of hydrogen-bond acceptors (Lipinski definition) is 4. The van der Waals surface area contributed by atoms with Gasteiger partial charge in [-0.2, -0.15) is 10.2 Å². The van der Waals surface area contributed by atoms with Crippen LogP contribution in [-0.2, 0) is 17.8 Å². The number of aliphatic hydroxyl groups is 1. The standard InChI is InChI=1S/C13H19BrN4O2/c1-4-17-11(7-9(2)16-17)13(19)12-10(14)8-15-18(12)5-6-20-3/h7-8,13,19H,4-6H2,1-3H3. The molecule has 0 saturated carbocycles. The Kier molecular flexibility index (Phi) is 4.95. The van der Waals surface area contributed by atoms with Crippen molar-refractivity contribution >= 4 is 15.9 Å². The van der Waals surface area contributed by atoms with Crippen molar-refractivity contribution in [1.82, 2.24) is 19.6 Å². The smallest absolute Gasteiger partial charge is 0.138 e. The maximum absolute atomic E-state index is 10.7. The number of hydrogen-bond donors (Lipinski definition) is 1. The Morgan fingerprint density at radius 1 is 1.45 bits per heavy atom. The van der Waals surface area contributed by atoms with Crippen LogP contribution in [0.4, 0.5) is 0 Å². The average molecular weight is 343 g/mol. The summed E-state index contributed by atoms with van der Waals surface area (Å²) in [7, 11) is 1.64. The Balaban J connectivity index is 2.36. The second kappa shape index (κ2) is 6.51. The first-order valence-electron chi connectivity index (χ1n) is 6.51. The number of ether oxygens (including phenoxy) is 1. The third kappa shape index (κ3) is 2.94. The zero-order valence-corrected chi connectivity index (χ0v) is 13.5. The fourth-order valence-corrected chi connectivity index (χ4v) is 2.69. The fraction of sp³-hybridized carbons (Fsp3) is 0.538. The molecule has 0 amide bonds. The molecule has 6 nitrogen and oxygen atoms in total. The van der Waals surface area contributed by atoms with Crippen molar-refractivity contribution in [3.63, 3.8) is 0 Å². The van der Waals surface area contributed by atoms with Gasteiger partial charge in [-0.05, 0) is 35.8 Å². The normalized spacial score (nSPS) is 12.8. The highest BCUT2D eigenvalue weighted by Crippen LogP contribution is 2.29. The summed E-state index contributed by atoms with van der Waals surface area (Å²) >= 11 is 3.45. The van der Waals surface area contributed by atoms with E-state index < -0.39 is 6.10 Å². The molecular weight excluding hydrogens is 324 g/mol. The summed E-state index contributed by atoms with van der Waals surface area (Å²) in [6.45, 7) is 5.76. The van der Waals surface area contributed by atoms with Crippen LogP contribution in [0.15, 0.2) is 16.7 Å². The summed E-state index contributed by atoms with van der Waals surface area (Å²) in [6.07, 6.45) is 0.915. The highest BCUT2D eigenvalue weighted by Gasteiger charge is 2.23. The van der Waals surface area contributed by atoms with Gasteiger partial charge in [0.25, 0.3) is 0 Å². The van der Waals surface area contributed by atoms with Gasteiger partial charge in [0.1, 0.15) is 6.10 Å². The average Bonchev–Trinajstić information content (AvgIpc) is 2.98. The Hall–Kier alpha value is -1.18. The summed E-state index contributed by atoms with van der Waals surface area (Å²) in [4.78, 5) is 0. The number of methoxy groups -OCH3 is 1. The molecule has 2 aromatic heterocycles. The molecule has 0 aliphatic carbocycles. The van der Waals surface area contributed by atoms with Crippen molar-refractivity contribution in [3.05, 3.63) is 33.8 Å². The van der Waals surface area contributed by atoms with E-state index in [1.165, 1.54) is 0 Å². The number of aromatic nitrogens is 4. The van der Waals surface area contributed by atoms with E-state index in [2.05, 4.69) is 26.1 Å². The van der Waals surface area contributed by atoms with Crippen LogP contribution in [0.3, 0.4) is 0 Å². The van der Waals surface area contributed by atoms with Crippen LogP contribution in [0.1, 0.15) is 30.1 Å². The van der Waals surface area contributed by atoms with Gasteiger partial charge in [0.15, 0.2) is 0 Å². The summed E-state index contributed by atoms with van der Waals surface area (Å²) in [5.74, 6) is 0. The largest absolute Gasteiger partial charge is 0.383 e. The summed E-state index contributed by atoms with van der Waals surface area (Å²) in [6, 6.07) is 1.90. The third-order valence-corrected chi connectivity index (χ3v) is 3.72. The highest BCUT2D eigenvalue weighted by atomic mass is 79.9. The lowest BCUT2D eigenvalue weighted by molar-refractivity contribution is 0.167. The van der Waals surface area contributed by atoms with E-state index in [-0.39, 0.29) is 0 Å². The molecule has 0 spiro atoms. The van der Waals surface area contributed by atoms with Crippen molar-refractivity contribution in [3.8, 4) is 0 Å². The van der Waals surface area contributed by atoms with E-state index in [0.717, 1.165) is 21.6 Å². The molecule has 20 heavy (non-hydrogen) atoms. The van der Waals surface area contributed by atoms with E-state index in [4.69, 9.17) is 4.74 Å². The first-order valence-corrected chi connectivity index (χ1v) is 7.30. The third-order valence-electron chi connectivity index (χ3n) is 3.11. The van der Waals surface area contributed by atoms with Gasteiger partial charge in [-0.1, -0.05) is 0 Å². The molecule has 0 aliphatic heterocycles. The van der Waals surface area contributed by atoms with Gasteiger partial charge in [-0.3, -0.25) is 9.36 Å². The molecule has 0 aliphatic rings. The summed E-state index contributed by atoms with van der Waals surface area (Å²) in [5, 5.41) is 19.3. The minimum Gasteiger partial charge on any atom is -0.383 e. The lowest BCUT2D eigenvalue weighted by Crippen LogP contribution is -2.16. The van der Waals surface area contributed by atoms with Gasteiger partial charge in [0.05, 0.1) is 40.9 Å². The zero-order chi connectivity index (χ0) is 14.7. The van der Waals surface area contributed by atoms with Gasteiger partial charge in [-0.15, -0.1) is 0 Å². The molecule has 1 N–H and O–H groups in total. The van der Waals surface area contributed by atoms with Crippen LogP contribution in [-0.4, -0.2) is 38.4 Å². The van der Waals surface area contributed by atoms with Crippen LogP contribution in [0.2, 0.25) is 0 Å². The van der Waals surface area contributed by atoms with E-state index in [1.54, 1.807) is 22.7 Å². The number of nitrogens with zero attached hydrogens (tertiary/aromatic N) is 4. The molecule has 0 saturated heterocycles. The van der Waals surface area contributed by atoms with Gasteiger partial charge in [0.2, 0.25) is 0 Å². The van der Waals surface area contributed by atoms with Crippen molar-refractivity contribution in [1.29, 1.82) is 0 Å². The molecule has 1 atom stereocenters. The molecule has 110 valence electrons. The number of halogens is 1. The Bertz CT molecular complexity index is 579. The molecule has 0 radical (unpaired) electrons. The van der Waals surface area contributed by atoms with Crippen molar-refractivity contribution in [2.45, 2.75) is 33.0 Å². The molecule has 2 rings (SSSR count). The van der Waals surface area contributed by atoms with Crippen LogP contribution in [0.5, 0.6) is 0 Å². The van der Waals surface area contributed by atoms with Crippen molar-refractivity contribution in [2.24, 2.45) is 0 Å². The molecule has 2 heterocycles. The molecule has 0 bridgehead atoms. The molecule has 1 unspecified atom stereocenters. The van der Waals surface area contributed by atoms with E-state index >= 15 is 0 Å². The van der Waals surface area contributed by atoms with Crippen LogP contribution < -0.4 is 0 Å². The maximum Gasteiger partial charge on any atom is 0.138 e. The molecule has 0 fully saturated rings. The molecule has 2 aromatic rings. The summed E-state index contributed by atoms with van der Waals surface area (Å²) in [5.41, 5.74) is 2.38. The zero-order valence-electron chi connectivity index (χ0n) is 11.9. The second-order valence-electron chi connectivity index (χ2n) is 4.52. The first kappa shape index (κ1) is 15.2. The van der Waals surface area contributed by atoms with E-state index in [1.807, 2.05) is 19.9 Å². The second-order valence-corrected chi connectivity index (χ2v) is 5.38. The Morgan fingerprint density at radius 2 is 2.20 bits per heavy atom. The van der Waals surface area contributed by atoms with Crippen LogP contribution >= 0.6 is 15.9 Å². The number of aliphatic hydroxyl groups excluding tert-OH is 1. The molecular formula is C13H19BrN4O2. The van der Waals surface area contributed by atoms with E-state index in [0.29, 0.717) is 19.7 Å². The lowest BCUT2D eigenvalue weighted by atomic mass is 10.1. The lowest BCUT2D eigenvalue weighted by Gasteiger charge is -2.15. The number of aryl methyl sites for hydroxylation is 2. The topological polar surface area (TPSA) is 65.1 Å². The Labute approximate surface area is 126 Å². The summed E-state index contributed by atoms with van der Waals surface area (Å²) < 4.78 is 9.41. The SMILES string of the molecule is CCn1nc(C)cc1C(O)c1c(Br)cnn1CCOC. The molecule has 7 heteroatoms. The van der Waals surface area contributed by atoms with Crippen LogP contribution in [0, 0.1) is 6.92 Å². The van der Waals surface area contributed by atoms with Gasteiger partial charge in [-0.25, -0.2) is 0 Å². The van der Waals surface area contributed by atoms with Gasteiger partial charge < -0.3 is 9.84 Å². The van der Waals surface area contributed by atoms with Crippen molar-refractivity contribution < 1.29 is 9.84 Å². The van der Waals surface area contributed by atoms with E-state index in [9.17, 15) is 5.11 Å². The first-order chi connectivity index (χ1) is 9.58.